The number of anilines is 1. The number of rotatable bonds is 1. The van der Waals surface area contributed by atoms with Gasteiger partial charge in [-0.1, -0.05) is 29.3 Å². The van der Waals surface area contributed by atoms with E-state index in [9.17, 15) is 0 Å². The van der Waals surface area contributed by atoms with Crippen molar-refractivity contribution in [2.45, 2.75) is 19.8 Å². The Morgan fingerprint density at radius 3 is 2.87 bits per heavy atom. The maximum atomic E-state index is 6.00. The minimum absolute atomic E-state index is 0.332. The van der Waals surface area contributed by atoms with Gasteiger partial charge in [-0.05, 0) is 25.5 Å². The normalized spacial score (nSPS) is 21.2. The first kappa shape index (κ1) is 10.2. The van der Waals surface area contributed by atoms with Crippen LogP contribution >= 0.6 is 0 Å². The summed E-state index contributed by atoms with van der Waals surface area (Å²) in [5.41, 5.74) is 10.7. The molecule has 2 heteroatoms. The molecule has 1 heterocycles. The van der Waals surface area contributed by atoms with Crippen molar-refractivity contribution in [3.05, 3.63) is 41.0 Å². The fraction of sp³-hybridized carbons (Fsp3) is 0.385. The summed E-state index contributed by atoms with van der Waals surface area (Å²) in [6.45, 7) is 5.71. The van der Waals surface area contributed by atoms with Gasteiger partial charge in [-0.25, -0.2) is 0 Å². The molecule has 1 aromatic rings. The molecule has 1 aromatic carbocycles. The van der Waals surface area contributed by atoms with E-state index in [0.717, 1.165) is 18.9 Å². The highest BCUT2D eigenvalue weighted by molar-refractivity contribution is 5.52. The maximum absolute atomic E-state index is 6.00. The molecule has 0 fully saturated rings. The van der Waals surface area contributed by atoms with Gasteiger partial charge in [-0.15, -0.1) is 0 Å². The van der Waals surface area contributed by atoms with Crippen LogP contribution in [0, 0.1) is 6.92 Å². The minimum atomic E-state index is 0.332. The molecule has 0 saturated carbocycles. The van der Waals surface area contributed by atoms with Crippen molar-refractivity contribution in [1.82, 2.24) is 0 Å². The molecule has 2 N–H and O–H groups in total. The largest absolute Gasteiger partial charge is 0.398 e. The van der Waals surface area contributed by atoms with E-state index in [2.05, 4.69) is 26.0 Å². The molecule has 0 aliphatic carbocycles. The van der Waals surface area contributed by atoms with Crippen molar-refractivity contribution in [2.75, 3.05) is 18.9 Å². The third-order valence-corrected chi connectivity index (χ3v) is 2.98. The van der Waals surface area contributed by atoms with Gasteiger partial charge in [0.25, 0.3) is 0 Å². The molecule has 1 atom stereocenters. The van der Waals surface area contributed by atoms with Crippen molar-refractivity contribution >= 4 is 5.69 Å². The highest BCUT2D eigenvalue weighted by Gasteiger charge is 2.19. The van der Waals surface area contributed by atoms with Gasteiger partial charge in [0.1, 0.15) is 0 Å². The Balaban J connectivity index is 2.39. The molecule has 0 radical (unpaired) electrons. The second-order valence-corrected chi connectivity index (χ2v) is 4.17. The summed E-state index contributed by atoms with van der Waals surface area (Å²) >= 11 is 0. The van der Waals surface area contributed by atoms with Crippen LogP contribution in [-0.2, 0) is 4.74 Å². The molecular weight excluding hydrogens is 186 g/mol. The molecule has 1 aliphatic heterocycles. The molecule has 0 aromatic heterocycles. The molecule has 0 amide bonds. The summed E-state index contributed by atoms with van der Waals surface area (Å²) in [6, 6.07) is 6.18. The van der Waals surface area contributed by atoms with Crippen LogP contribution in [0.5, 0.6) is 0 Å². The molecule has 1 unspecified atom stereocenters. The lowest BCUT2D eigenvalue weighted by molar-refractivity contribution is 0.141. The highest BCUT2D eigenvalue weighted by Crippen LogP contribution is 2.31. The number of hydrogen-bond donors (Lipinski definition) is 1. The smallest absolute Gasteiger partial charge is 0.0650 e. The van der Waals surface area contributed by atoms with Crippen molar-refractivity contribution < 1.29 is 4.74 Å². The summed E-state index contributed by atoms with van der Waals surface area (Å²) < 4.78 is 5.47. The van der Waals surface area contributed by atoms with Gasteiger partial charge in [-0.3, -0.25) is 0 Å². The Bertz CT molecular complexity index is 396. The molecule has 80 valence electrons. The van der Waals surface area contributed by atoms with E-state index < -0.39 is 0 Å². The van der Waals surface area contributed by atoms with Crippen molar-refractivity contribution in [2.24, 2.45) is 0 Å². The Labute approximate surface area is 90.7 Å². The number of nitrogens with two attached hydrogens (primary N) is 1. The second-order valence-electron chi connectivity index (χ2n) is 4.17. The van der Waals surface area contributed by atoms with Crippen LogP contribution in [0.25, 0.3) is 0 Å². The number of nitrogen functional groups attached to an aromatic ring is 1. The fourth-order valence-corrected chi connectivity index (χ4v) is 1.98. The van der Waals surface area contributed by atoms with Crippen LogP contribution < -0.4 is 5.73 Å². The van der Waals surface area contributed by atoms with Gasteiger partial charge < -0.3 is 10.5 Å². The summed E-state index contributed by atoms with van der Waals surface area (Å²) in [5, 5.41) is 0. The van der Waals surface area contributed by atoms with Crippen LogP contribution in [0.3, 0.4) is 0 Å². The first-order chi connectivity index (χ1) is 7.18. The van der Waals surface area contributed by atoms with Crippen LogP contribution in [0.4, 0.5) is 5.69 Å². The number of hydrogen-bond acceptors (Lipinski definition) is 2. The van der Waals surface area contributed by atoms with E-state index in [1.165, 1.54) is 16.7 Å². The Morgan fingerprint density at radius 1 is 1.33 bits per heavy atom. The lowest BCUT2D eigenvalue weighted by atomic mass is 9.89. The van der Waals surface area contributed by atoms with Gasteiger partial charge in [0.15, 0.2) is 0 Å². The average Bonchev–Trinajstić information content (AvgIpc) is 2.23. The first-order valence-electron chi connectivity index (χ1n) is 5.29. The summed E-state index contributed by atoms with van der Waals surface area (Å²) in [4.78, 5) is 0. The molecule has 2 rings (SSSR count). The summed E-state index contributed by atoms with van der Waals surface area (Å²) in [6.07, 6.45) is 2.13. The van der Waals surface area contributed by atoms with Gasteiger partial charge >= 0.3 is 0 Å². The second kappa shape index (κ2) is 4.07. The van der Waals surface area contributed by atoms with E-state index in [1.54, 1.807) is 0 Å². The first-order valence-corrected chi connectivity index (χ1v) is 5.29. The number of ether oxygens (including phenoxy) is 1. The molecule has 2 nitrogen and oxygen atoms in total. The Hall–Kier alpha value is -1.28. The van der Waals surface area contributed by atoms with Gasteiger partial charge in [-0.2, -0.15) is 0 Å². The zero-order valence-corrected chi connectivity index (χ0v) is 9.29. The lowest BCUT2D eigenvalue weighted by Gasteiger charge is -2.24. The standard InChI is InChI=1S/C13H17NO/c1-9-3-4-13(14)11(7-9)12-8-15-6-5-10(12)2/h3-5,7,12H,6,8,14H2,1-2H3. The van der Waals surface area contributed by atoms with Gasteiger partial charge in [0.2, 0.25) is 0 Å². The third kappa shape index (κ3) is 2.05. The third-order valence-electron chi connectivity index (χ3n) is 2.98. The number of aryl methyl sites for hydroxylation is 1. The zero-order valence-electron chi connectivity index (χ0n) is 9.29. The van der Waals surface area contributed by atoms with Crippen LogP contribution in [0.1, 0.15) is 24.0 Å². The molecule has 1 aliphatic rings. The zero-order chi connectivity index (χ0) is 10.8. The van der Waals surface area contributed by atoms with Crippen LogP contribution in [0.2, 0.25) is 0 Å². The van der Waals surface area contributed by atoms with Crippen LogP contribution in [0.15, 0.2) is 29.8 Å². The monoisotopic (exact) mass is 203 g/mol. The molecule has 0 saturated heterocycles. The summed E-state index contributed by atoms with van der Waals surface area (Å²) in [7, 11) is 0. The minimum Gasteiger partial charge on any atom is -0.398 e. The molecule has 15 heavy (non-hydrogen) atoms. The summed E-state index contributed by atoms with van der Waals surface area (Å²) in [5.74, 6) is 0.332. The van der Waals surface area contributed by atoms with Gasteiger partial charge in [0, 0.05) is 11.6 Å². The van der Waals surface area contributed by atoms with Crippen molar-refractivity contribution in [1.29, 1.82) is 0 Å². The topological polar surface area (TPSA) is 35.2 Å². The quantitative estimate of drug-likeness (QED) is 0.562. The van der Waals surface area contributed by atoms with E-state index in [0.29, 0.717) is 5.92 Å². The Morgan fingerprint density at radius 2 is 2.13 bits per heavy atom. The predicted molar refractivity (Wildman–Crippen MR) is 62.9 cm³/mol. The van der Waals surface area contributed by atoms with Crippen molar-refractivity contribution in [3.8, 4) is 0 Å². The average molecular weight is 203 g/mol. The van der Waals surface area contributed by atoms with E-state index in [1.807, 2.05) is 12.1 Å². The lowest BCUT2D eigenvalue weighted by Crippen LogP contribution is -2.16. The van der Waals surface area contributed by atoms with E-state index in [4.69, 9.17) is 10.5 Å². The highest BCUT2D eigenvalue weighted by atomic mass is 16.5. The number of benzene rings is 1. The fourth-order valence-electron chi connectivity index (χ4n) is 1.98. The van der Waals surface area contributed by atoms with Crippen molar-refractivity contribution in [3.63, 3.8) is 0 Å². The SMILES string of the molecule is CC1=CCOCC1c1cc(C)ccc1N. The Kier molecular flexibility index (Phi) is 2.78. The van der Waals surface area contributed by atoms with E-state index >= 15 is 0 Å². The predicted octanol–water partition coefficient (Wildman–Crippen LogP) is 2.64. The van der Waals surface area contributed by atoms with E-state index in [-0.39, 0.29) is 0 Å². The van der Waals surface area contributed by atoms with Crippen LogP contribution in [-0.4, -0.2) is 13.2 Å². The molecular formula is C13H17NO. The maximum Gasteiger partial charge on any atom is 0.0650 e. The molecule has 0 spiro atoms. The van der Waals surface area contributed by atoms with Gasteiger partial charge in [0.05, 0.1) is 13.2 Å². The molecule has 0 bridgehead atoms.